The van der Waals surface area contributed by atoms with Gasteiger partial charge in [-0.2, -0.15) is 0 Å². The second-order valence-corrected chi connectivity index (χ2v) is 8.41. The highest BCUT2D eigenvalue weighted by molar-refractivity contribution is 9.10. The molecule has 0 saturated carbocycles. The van der Waals surface area contributed by atoms with Crippen LogP contribution in [0.2, 0.25) is 0 Å². The van der Waals surface area contributed by atoms with Gasteiger partial charge in [-0.15, -0.1) is 0 Å². The summed E-state index contributed by atoms with van der Waals surface area (Å²) in [6.07, 6.45) is 0. The zero-order valence-corrected chi connectivity index (χ0v) is 18.4. The number of Topliss-reactive ketones (excluding diaryl/α,β-unsaturated/α-hetero) is 1. The zero-order chi connectivity index (χ0) is 21.8. The Morgan fingerprint density at radius 1 is 1.10 bits per heavy atom. The van der Waals surface area contributed by atoms with Gasteiger partial charge in [0.2, 0.25) is 0 Å². The number of halogens is 1. The first kappa shape index (κ1) is 22.1. The molecule has 0 aliphatic carbocycles. The van der Waals surface area contributed by atoms with Gasteiger partial charge in [-0.3, -0.25) is 9.59 Å². The zero-order valence-electron chi connectivity index (χ0n) is 16.8. The van der Waals surface area contributed by atoms with E-state index in [1.54, 1.807) is 48.5 Å². The summed E-state index contributed by atoms with van der Waals surface area (Å²) in [6, 6.07) is 13.1. The molecule has 1 heterocycles. The van der Waals surface area contributed by atoms with Crippen molar-refractivity contribution in [2.75, 3.05) is 19.8 Å². The lowest BCUT2D eigenvalue weighted by molar-refractivity contribution is -0.140. The maximum Gasteiger partial charge on any atom is 0.295 e. The lowest BCUT2D eigenvalue weighted by atomic mass is 9.95. The maximum atomic E-state index is 12.8. The number of ether oxygens (including phenoxy) is 1. The van der Waals surface area contributed by atoms with Crippen molar-refractivity contribution < 1.29 is 24.5 Å². The van der Waals surface area contributed by atoms with E-state index in [9.17, 15) is 19.8 Å². The van der Waals surface area contributed by atoms with Crippen molar-refractivity contribution in [3.63, 3.8) is 0 Å². The number of aliphatic hydroxyl groups is 2. The average Bonchev–Trinajstić information content (AvgIpc) is 2.98. The van der Waals surface area contributed by atoms with E-state index in [2.05, 4.69) is 15.9 Å². The fraction of sp³-hybridized carbons (Fsp3) is 0.304. The molecule has 0 bridgehead atoms. The van der Waals surface area contributed by atoms with Crippen LogP contribution in [0, 0.1) is 5.92 Å². The minimum Gasteiger partial charge on any atom is -0.507 e. The van der Waals surface area contributed by atoms with E-state index in [1.165, 1.54) is 4.90 Å². The summed E-state index contributed by atoms with van der Waals surface area (Å²) in [5.41, 5.74) is 1.09. The van der Waals surface area contributed by atoms with Crippen LogP contribution in [0.3, 0.4) is 0 Å². The summed E-state index contributed by atoms with van der Waals surface area (Å²) < 4.78 is 6.51. The molecule has 2 N–H and O–H groups in total. The molecule has 0 aromatic heterocycles. The van der Waals surface area contributed by atoms with Gasteiger partial charge in [-0.05, 0) is 47.9 Å². The molecule has 1 atom stereocenters. The molecule has 1 amide bonds. The molecule has 0 radical (unpaired) electrons. The number of hydrogen-bond donors (Lipinski definition) is 2. The number of ketones is 1. The van der Waals surface area contributed by atoms with Crippen molar-refractivity contribution >= 4 is 33.4 Å². The van der Waals surface area contributed by atoms with Crippen molar-refractivity contribution in [2.24, 2.45) is 5.92 Å². The van der Waals surface area contributed by atoms with Crippen LogP contribution in [0.4, 0.5) is 0 Å². The van der Waals surface area contributed by atoms with E-state index < -0.39 is 17.7 Å². The molecular weight excluding hydrogens is 450 g/mol. The fourth-order valence-corrected chi connectivity index (χ4v) is 3.60. The molecule has 158 valence electrons. The Morgan fingerprint density at radius 2 is 1.73 bits per heavy atom. The van der Waals surface area contributed by atoms with E-state index in [4.69, 9.17) is 4.74 Å². The van der Waals surface area contributed by atoms with Gasteiger partial charge < -0.3 is 19.8 Å². The monoisotopic (exact) mass is 473 g/mol. The summed E-state index contributed by atoms with van der Waals surface area (Å²) >= 11 is 3.37. The van der Waals surface area contributed by atoms with E-state index >= 15 is 0 Å². The normalized spacial score (nSPS) is 18.3. The van der Waals surface area contributed by atoms with Crippen molar-refractivity contribution in [1.29, 1.82) is 0 Å². The van der Waals surface area contributed by atoms with Crippen LogP contribution in [0.1, 0.15) is 31.0 Å². The quantitative estimate of drug-likeness (QED) is 0.361. The van der Waals surface area contributed by atoms with Crippen molar-refractivity contribution in [3.05, 3.63) is 69.7 Å². The fourth-order valence-electron chi connectivity index (χ4n) is 3.34. The lowest BCUT2D eigenvalue weighted by Crippen LogP contribution is -2.32. The highest BCUT2D eigenvalue weighted by atomic mass is 79.9. The molecular formula is C23H24BrNO5. The molecule has 6 nitrogen and oxygen atoms in total. The summed E-state index contributed by atoms with van der Waals surface area (Å²) in [7, 11) is 0. The number of carbonyl (C=O) groups excluding carboxylic acids is 2. The van der Waals surface area contributed by atoms with Crippen LogP contribution >= 0.6 is 15.9 Å². The Hall–Kier alpha value is -2.64. The topological polar surface area (TPSA) is 87.1 Å². The van der Waals surface area contributed by atoms with Crippen molar-refractivity contribution in [1.82, 2.24) is 4.90 Å². The van der Waals surface area contributed by atoms with Gasteiger partial charge in [0, 0.05) is 16.6 Å². The first-order valence-corrected chi connectivity index (χ1v) is 10.5. The highest BCUT2D eigenvalue weighted by Crippen LogP contribution is 2.39. The van der Waals surface area contributed by atoms with E-state index in [0.29, 0.717) is 29.4 Å². The number of nitrogens with zero attached hydrogens (tertiary/aromatic N) is 1. The Balaban J connectivity index is 2.02. The maximum absolute atomic E-state index is 12.8. The summed E-state index contributed by atoms with van der Waals surface area (Å²) in [4.78, 5) is 26.7. The Labute approximate surface area is 183 Å². The third kappa shape index (κ3) is 4.57. The molecule has 2 aromatic carbocycles. The number of β-amino-alcohol motifs (C(OH)–C–C–N with tert-alkyl or cyclic N) is 1. The molecule has 1 fully saturated rings. The average molecular weight is 474 g/mol. The summed E-state index contributed by atoms with van der Waals surface area (Å²) in [5.74, 6) is -0.724. The molecule has 0 spiro atoms. The van der Waals surface area contributed by atoms with Gasteiger partial charge in [-0.25, -0.2) is 0 Å². The Morgan fingerprint density at radius 3 is 2.30 bits per heavy atom. The second-order valence-electron chi connectivity index (χ2n) is 7.50. The van der Waals surface area contributed by atoms with Gasteiger partial charge in [0.25, 0.3) is 11.7 Å². The Bertz CT molecular complexity index is 951. The SMILES string of the molecule is CC(C)COc1ccc(/C(O)=C2/C(=O)C(=O)N(CCO)C2c2ccc(Br)cc2)cc1. The number of rotatable bonds is 7. The van der Waals surface area contributed by atoms with Crippen LogP contribution in [-0.2, 0) is 9.59 Å². The third-order valence-electron chi connectivity index (χ3n) is 4.78. The van der Waals surface area contributed by atoms with Gasteiger partial charge in [0.15, 0.2) is 0 Å². The van der Waals surface area contributed by atoms with Gasteiger partial charge in [-0.1, -0.05) is 41.9 Å². The summed E-state index contributed by atoms with van der Waals surface area (Å²) in [6.45, 7) is 4.37. The lowest BCUT2D eigenvalue weighted by Gasteiger charge is -2.24. The summed E-state index contributed by atoms with van der Waals surface area (Å²) in [5, 5.41) is 20.4. The number of hydrogen-bond acceptors (Lipinski definition) is 5. The number of benzene rings is 2. The number of carbonyl (C=O) groups is 2. The van der Waals surface area contributed by atoms with Gasteiger partial charge in [0.1, 0.15) is 11.5 Å². The highest BCUT2D eigenvalue weighted by Gasteiger charge is 2.45. The van der Waals surface area contributed by atoms with Crippen LogP contribution in [0.25, 0.3) is 5.76 Å². The Kier molecular flexibility index (Phi) is 6.95. The van der Waals surface area contributed by atoms with Crippen molar-refractivity contribution in [2.45, 2.75) is 19.9 Å². The van der Waals surface area contributed by atoms with Crippen LogP contribution in [0.5, 0.6) is 5.75 Å². The number of amides is 1. The molecule has 3 rings (SSSR count). The standard InChI is InChI=1S/C23H24BrNO5/c1-14(2)13-30-18-9-5-16(6-10-18)21(27)19-20(15-3-7-17(24)8-4-15)25(11-12-26)23(29)22(19)28/h3-10,14,20,26-27H,11-13H2,1-2H3/b21-19-. The second kappa shape index (κ2) is 9.45. The number of likely N-dealkylation sites (tertiary alicyclic amines) is 1. The molecule has 1 aliphatic heterocycles. The smallest absolute Gasteiger partial charge is 0.295 e. The van der Waals surface area contributed by atoms with Crippen LogP contribution in [0.15, 0.2) is 58.6 Å². The van der Waals surface area contributed by atoms with Crippen LogP contribution < -0.4 is 4.74 Å². The largest absolute Gasteiger partial charge is 0.507 e. The van der Waals surface area contributed by atoms with Gasteiger partial charge >= 0.3 is 0 Å². The molecule has 1 saturated heterocycles. The predicted molar refractivity (Wildman–Crippen MR) is 117 cm³/mol. The minimum atomic E-state index is -0.776. The number of aliphatic hydroxyl groups excluding tert-OH is 2. The first-order chi connectivity index (χ1) is 14.3. The molecule has 2 aromatic rings. The molecule has 30 heavy (non-hydrogen) atoms. The molecule has 1 unspecified atom stereocenters. The molecule has 1 aliphatic rings. The first-order valence-electron chi connectivity index (χ1n) is 9.71. The third-order valence-corrected chi connectivity index (χ3v) is 5.31. The van der Waals surface area contributed by atoms with Gasteiger partial charge in [0.05, 0.1) is 24.8 Å². The minimum absolute atomic E-state index is 0.00613. The van der Waals surface area contributed by atoms with E-state index in [0.717, 1.165) is 4.47 Å². The van der Waals surface area contributed by atoms with E-state index in [-0.39, 0.29) is 24.5 Å². The van der Waals surface area contributed by atoms with Crippen molar-refractivity contribution in [3.8, 4) is 5.75 Å². The van der Waals surface area contributed by atoms with Crippen LogP contribution in [-0.4, -0.2) is 46.6 Å². The predicted octanol–water partition coefficient (Wildman–Crippen LogP) is 3.90. The van der Waals surface area contributed by atoms with E-state index in [1.807, 2.05) is 13.8 Å². The molecule has 7 heteroatoms.